The molecule has 5 nitrogen and oxygen atoms in total. The van der Waals surface area contributed by atoms with Gasteiger partial charge in [-0.3, -0.25) is 14.9 Å². The van der Waals surface area contributed by atoms with Crippen LogP contribution in [-0.2, 0) is 16.0 Å². The van der Waals surface area contributed by atoms with Crippen LogP contribution in [-0.4, -0.2) is 22.0 Å². The van der Waals surface area contributed by atoms with Crippen LogP contribution in [0.25, 0.3) is 16.8 Å². The monoisotopic (exact) mass is 338 g/mol. The molecule has 1 aromatic heterocycles. The molecule has 6 heteroatoms. The summed E-state index contributed by atoms with van der Waals surface area (Å²) < 4.78 is 0. The van der Waals surface area contributed by atoms with Crippen LogP contribution in [0.3, 0.4) is 0 Å². The molecule has 2 N–H and O–H groups in total. The quantitative estimate of drug-likeness (QED) is 0.697. The molecule has 0 spiro atoms. The van der Waals surface area contributed by atoms with Crippen LogP contribution in [0.2, 0.25) is 0 Å². The second-order valence-corrected chi connectivity index (χ2v) is 5.96. The van der Waals surface area contributed by atoms with Crippen LogP contribution in [0.15, 0.2) is 53.9 Å². The maximum Gasteiger partial charge on any atom is 0.309 e. The molecule has 0 unspecified atom stereocenters. The lowest BCUT2D eigenvalue weighted by atomic mass is 10.0. The first-order valence-corrected chi connectivity index (χ1v) is 8.13. The van der Waals surface area contributed by atoms with Crippen molar-refractivity contribution in [3.05, 3.63) is 65.2 Å². The first-order chi connectivity index (χ1) is 11.6. The molecule has 3 rings (SSSR count). The average molecular weight is 338 g/mol. The largest absolute Gasteiger partial charge is 0.481 e. The second kappa shape index (κ2) is 7.06. The number of fused-ring (bicyclic) bond motifs is 1. The molecule has 0 saturated heterocycles. The third-order valence-electron chi connectivity index (χ3n) is 3.35. The standard InChI is InChI=1S/C18H14N2O3S/c21-16(20-18-19-14(11-24-18)10-17(22)23)9-8-13-6-3-5-12-4-1-2-7-15(12)13/h1-9,11H,10H2,(H,22,23)(H,19,20,21)/b9-8+. The van der Waals surface area contributed by atoms with Crippen LogP contribution < -0.4 is 5.32 Å². The van der Waals surface area contributed by atoms with E-state index in [2.05, 4.69) is 10.3 Å². The minimum atomic E-state index is -0.950. The van der Waals surface area contributed by atoms with Crippen LogP contribution in [0.1, 0.15) is 11.3 Å². The third-order valence-corrected chi connectivity index (χ3v) is 4.16. The zero-order valence-electron chi connectivity index (χ0n) is 12.6. The molecule has 0 atom stereocenters. The number of nitrogens with one attached hydrogen (secondary N) is 1. The fourth-order valence-corrected chi connectivity index (χ4v) is 3.02. The predicted octanol–water partition coefficient (Wildman–Crippen LogP) is 3.58. The van der Waals surface area contributed by atoms with Crippen molar-refractivity contribution in [1.82, 2.24) is 4.98 Å². The van der Waals surface area contributed by atoms with Crippen molar-refractivity contribution >= 4 is 45.2 Å². The van der Waals surface area contributed by atoms with E-state index in [1.165, 1.54) is 17.4 Å². The Labute approximate surface area is 142 Å². The number of rotatable bonds is 5. The first kappa shape index (κ1) is 15.9. The fraction of sp³-hybridized carbons (Fsp3) is 0.0556. The highest BCUT2D eigenvalue weighted by Crippen LogP contribution is 2.20. The summed E-state index contributed by atoms with van der Waals surface area (Å²) in [6.45, 7) is 0. The summed E-state index contributed by atoms with van der Waals surface area (Å²) in [7, 11) is 0. The third kappa shape index (κ3) is 3.85. The zero-order chi connectivity index (χ0) is 16.9. The molecule has 1 amide bonds. The number of amides is 1. The van der Waals surface area contributed by atoms with E-state index in [1.54, 1.807) is 11.5 Å². The summed E-state index contributed by atoms with van der Waals surface area (Å²) in [6, 6.07) is 13.9. The van der Waals surface area contributed by atoms with Gasteiger partial charge in [0.2, 0.25) is 5.91 Å². The van der Waals surface area contributed by atoms with Crippen LogP contribution in [0.4, 0.5) is 5.13 Å². The number of carboxylic acids is 1. The van der Waals surface area contributed by atoms with Crippen molar-refractivity contribution in [3.63, 3.8) is 0 Å². The topological polar surface area (TPSA) is 79.3 Å². The van der Waals surface area contributed by atoms with Crippen molar-refractivity contribution in [2.24, 2.45) is 0 Å². The Balaban J connectivity index is 1.71. The van der Waals surface area contributed by atoms with Gasteiger partial charge in [-0.25, -0.2) is 4.98 Å². The molecule has 1 heterocycles. The van der Waals surface area contributed by atoms with E-state index in [0.29, 0.717) is 10.8 Å². The van der Waals surface area contributed by atoms with Crippen molar-refractivity contribution in [1.29, 1.82) is 0 Å². The number of carboxylic acid groups (broad SMARTS) is 1. The van der Waals surface area contributed by atoms with Gasteiger partial charge >= 0.3 is 5.97 Å². The molecule has 0 saturated carbocycles. The van der Waals surface area contributed by atoms with Gasteiger partial charge in [-0.15, -0.1) is 11.3 Å². The normalized spacial score (nSPS) is 11.0. The highest BCUT2D eigenvalue weighted by molar-refractivity contribution is 7.14. The molecule has 3 aromatic rings. The number of benzene rings is 2. The van der Waals surface area contributed by atoms with Crippen molar-refractivity contribution < 1.29 is 14.7 Å². The highest BCUT2D eigenvalue weighted by atomic mass is 32.1. The number of aromatic nitrogens is 1. The maximum absolute atomic E-state index is 12.0. The predicted molar refractivity (Wildman–Crippen MR) is 95.1 cm³/mol. The van der Waals surface area contributed by atoms with Gasteiger partial charge in [-0.2, -0.15) is 0 Å². The van der Waals surface area contributed by atoms with Crippen LogP contribution in [0.5, 0.6) is 0 Å². The van der Waals surface area contributed by atoms with E-state index in [4.69, 9.17) is 5.11 Å². The molecule has 0 aliphatic heterocycles. The van der Waals surface area contributed by atoms with E-state index in [0.717, 1.165) is 16.3 Å². The molecule has 0 bridgehead atoms. The van der Waals surface area contributed by atoms with Gasteiger partial charge in [-0.05, 0) is 22.4 Å². The number of thiazole rings is 1. The Morgan fingerprint density at radius 1 is 1.17 bits per heavy atom. The molecule has 120 valence electrons. The number of hydrogen-bond donors (Lipinski definition) is 2. The molecule has 0 aliphatic rings. The number of hydrogen-bond acceptors (Lipinski definition) is 4. The van der Waals surface area contributed by atoms with Crippen LogP contribution >= 0.6 is 11.3 Å². The Hall–Kier alpha value is -2.99. The van der Waals surface area contributed by atoms with E-state index in [1.807, 2.05) is 42.5 Å². The summed E-state index contributed by atoms with van der Waals surface area (Å²) >= 11 is 1.20. The molecular weight excluding hydrogens is 324 g/mol. The lowest BCUT2D eigenvalue weighted by Gasteiger charge is -2.01. The Morgan fingerprint density at radius 3 is 2.79 bits per heavy atom. The summed E-state index contributed by atoms with van der Waals surface area (Å²) in [5.41, 5.74) is 1.38. The summed E-state index contributed by atoms with van der Waals surface area (Å²) in [5, 5.41) is 15.6. The molecule has 0 radical (unpaired) electrons. The van der Waals surface area contributed by atoms with Crippen molar-refractivity contribution in [2.45, 2.75) is 6.42 Å². The molecule has 0 fully saturated rings. The Kier molecular flexibility index (Phi) is 4.67. The van der Waals surface area contributed by atoms with Gasteiger partial charge in [0, 0.05) is 11.5 Å². The minimum Gasteiger partial charge on any atom is -0.481 e. The van der Waals surface area contributed by atoms with Gasteiger partial charge in [0.25, 0.3) is 0 Å². The maximum atomic E-state index is 12.0. The Morgan fingerprint density at radius 2 is 1.96 bits per heavy atom. The summed E-state index contributed by atoms with van der Waals surface area (Å²) in [5.74, 6) is -1.26. The zero-order valence-corrected chi connectivity index (χ0v) is 13.4. The van der Waals surface area contributed by atoms with E-state index < -0.39 is 5.97 Å². The molecule has 2 aromatic carbocycles. The Bertz CT molecular complexity index is 925. The van der Waals surface area contributed by atoms with Gasteiger partial charge in [-0.1, -0.05) is 42.5 Å². The molecule has 0 aliphatic carbocycles. The first-order valence-electron chi connectivity index (χ1n) is 7.25. The number of nitrogens with zero attached hydrogens (tertiary/aromatic N) is 1. The molecule has 24 heavy (non-hydrogen) atoms. The van der Waals surface area contributed by atoms with Gasteiger partial charge < -0.3 is 5.11 Å². The lowest BCUT2D eigenvalue weighted by molar-refractivity contribution is -0.136. The number of carbonyl (C=O) groups is 2. The fourth-order valence-electron chi connectivity index (χ4n) is 2.31. The minimum absolute atomic E-state index is 0.155. The van der Waals surface area contributed by atoms with Crippen molar-refractivity contribution in [3.8, 4) is 0 Å². The van der Waals surface area contributed by atoms with Gasteiger partial charge in [0.05, 0.1) is 12.1 Å². The van der Waals surface area contributed by atoms with Gasteiger partial charge in [0.1, 0.15) is 0 Å². The lowest BCUT2D eigenvalue weighted by Crippen LogP contribution is -2.08. The summed E-state index contributed by atoms with van der Waals surface area (Å²) in [6.07, 6.45) is 3.04. The molecular formula is C18H14N2O3S. The number of anilines is 1. The second-order valence-electron chi connectivity index (χ2n) is 5.11. The highest BCUT2D eigenvalue weighted by Gasteiger charge is 2.07. The SMILES string of the molecule is O=C(O)Cc1csc(NC(=O)/C=C/c2cccc3ccccc23)n1. The van der Waals surface area contributed by atoms with Gasteiger partial charge in [0.15, 0.2) is 5.13 Å². The number of carbonyl (C=O) groups excluding carboxylic acids is 1. The summed E-state index contributed by atoms with van der Waals surface area (Å²) in [4.78, 5) is 26.7. The van der Waals surface area contributed by atoms with Crippen molar-refractivity contribution in [2.75, 3.05) is 5.32 Å². The van der Waals surface area contributed by atoms with E-state index >= 15 is 0 Å². The van der Waals surface area contributed by atoms with E-state index in [-0.39, 0.29) is 12.3 Å². The number of aliphatic carboxylic acids is 1. The van der Waals surface area contributed by atoms with E-state index in [9.17, 15) is 9.59 Å². The van der Waals surface area contributed by atoms with Crippen LogP contribution in [0, 0.1) is 0 Å². The smallest absolute Gasteiger partial charge is 0.309 e. The average Bonchev–Trinajstić information content (AvgIpc) is 2.99.